The molecule has 1 heterocycles. The summed E-state index contributed by atoms with van der Waals surface area (Å²) in [6.45, 7) is 2.73. The van der Waals surface area contributed by atoms with Crippen LogP contribution in [-0.4, -0.2) is 29.5 Å². The Hall–Kier alpha value is -1.00. The van der Waals surface area contributed by atoms with Gasteiger partial charge in [-0.25, -0.2) is 4.39 Å². The number of hydrogen-bond donors (Lipinski definition) is 1. The van der Waals surface area contributed by atoms with Gasteiger partial charge in [-0.3, -0.25) is 9.88 Å². The molecule has 0 spiro atoms. The van der Waals surface area contributed by atoms with Gasteiger partial charge in [-0.1, -0.05) is 0 Å². The molecule has 2 unspecified atom stereocenters. The summed E-state index contributed by atoms with van der Waals surface area (Å²) in [7, 11) is 2.06. The average molecular weight is 237 g/mol. The molecule has 1 aromatic heterocycles. The maximum Gasteiger partial charge on any atom is 0.141 e. The highest BCUT2D eigenvalue weighted by Gasteiger charge is 2.34. The Bertz CT molecular complexity index is 379. The van der Waals surface area contributed by atoms with E-state index in [1.165, 1.54) is 19.0 Å². The summed E-state index contributed by atoms with van der Waals surface area (Å²) in [5.41, 5.74) is 6.74. The lowest BCUT2D eigenvalue weighted by Crippen LogP contribution is -2.41. The molecule has 1 saturated carbocycles. The molecule has 1 aromatic rings. The van der Waals surface area contributed by atoms with E-state index in [0.717, 1.165) is 5.56 Å². The molecule has 0 aliphatic heterocycles. The zero-order valence-electron chi connectivity index (χ0n) is 10.4. The minimum Gasteiger partial charge on any atom is -0.329 e. The second-order valence-corrected chi connectivity index (χ2v) is 4.92. The van der Waals surface area contributed by atoms with Crippen molar-refractivity contribution < 1.29 is 4.39 Å². The highest BCUT2D eigenvalue weighted by Crippen LogP contribution is 2.37. The van der Waals surface area contributed by atoms with E-state index in [4.69, 9.17) is 5.73 Å². The first kappa shape index (κ1) is 12.5. The fourth-order valence-corrected chi connectivity index (χ4v) is 2.35. The molecule has 1 aliphatic carbocycles. The van der Waals surface area contributed by atoms with E-state index in [9.17, 15) is 4.39 Å². The quantitative estimate of drug-likeness (QED) is 0.851. The Morgan fingerprint density at radius 3 is 2.76 bits per heavy atom. The van der Waals surface area contributed by atoms with Gasteiger partial charge in [0.1, 0.15) is 5.82 Å². The molecule has 0 bridgehead atoms. The molecule has 1 fully saturated rings. The number of halogens is 1. The monoisotopic (exact) mass is 237 g/mol. The molecular formula is C13H20FN3. The second-order valence-electron chi connectivity index (χ2n) is 4.92. The highest BCUT2D eigenvalue weighted by atomic mass is 19.1. The van der Waals surface area contributed by atoms with Gasteiger partial charge in [0.15, 0.2) is 0 Å². The van der Waals surface area contributed by atoms with Crippen LogP contribution in [0, 0.1) is 11.7 Å². The summed E-state index contributed by atoms with van der Waals surface area (Å²) in [5, 5.41) is 0. The molecule has 0 aromatic carbocycles. The third-order valence-corrected chi connectivity index (χ3v) is 3.75. The first-order chi connectivity index (χ1) is 8.13. The van der Waals surface area contributed by atoms with Crippen LogP contribution in [0.5, 0.6) is 0 Å². The normalized spacial score (nSPS) is 19.4. The van der Waals surface area contributed by atoms with E-state index in [-0.39, 0.29) is 11.9 Å². The molecule has 2 atom stereocenters. The predicted octanol–water partition coefficient (Wildman–Crippen LogP) is 1.95. The van der Waals surface area contributed by atoms with Crippen molar-refractivity contribution in [2.24, 2.45) is 11.7 Å². The number of pyridine rings is 1. The van der Waals surface area contributed by atoms with Crippen LogP contribution in [-0.2, 0) is 0 Å². The van der Waals surface area contributed by atoms with E-state index in [1.807, 2.05) is 0 Å². The van der Waals surface area contributed by atoms with Crippen LogP contribution < -0.4 is 5.73 Å². The van der Waals surface area contributed by atoms with Crippen molar-refractivity contribution in [3.8, 4) is 0 Å². The van der Waals surface area contributed by atoms with Gasteiger partial charge in [-0.2, -0.15) is 0 Å². The second kappa shape index (κ2) is 5.10. The van der Waals surface area contributed by atoms with E-state index in [2.05, 4.69) is 23.9 Å². The van der Waals surface area contributed by atoms with Crippen molar-refractivity contribution >= 4 is 0 Å². The van der Waals surface area contributed by atoms with Gasteiger partial charge in [0.05, 0.1) is 6.20 Å². The van der Waals surface area contributed by atoms with Crippen LogP contribution >= 0.6 is 0 Å². The molecule has 0 saturated heterocycles. The summed E-state index contributed by atoms with van der Waals surface area (Å²) in [5.74, 6) is 0.437. The fraction of sp³-hybridized carbons (Fsp3) is 0.615. The number of nitrogens with zero attached hydrogens (tertiary/aromatic N) is 2. The van der Waals surface area contributed by atoms with Gasteiger partial charge in [-0.05, 0) is 44.4 Å². The molecule has 3 nitrogen and oxygen atoms in total. The lowest BCUT2D eigenvalue weighted by Gasteiger charge is -2.32. The fourth-order valence-electron chi connectivity index (χ4n) is 2.35. The lowest BCUT2D eigenvalue weighted by atomic mass is 10.1. The zero-order valence-corrected chi connectivity index (χ0v) is 10.4. The van der Waals surface area contributed by atoms with E-state index in [1.54, 1.807) is 12.3 Å². The van der Waals surface area contributed by atoms with Gasteiger partial charge in [0, 0.05) is 24.8 Å². The van der Waals surface area contributed by atoms with Crippen molar-refractivity contribution in [1.82, 2.24) is 9.88 Å². The minimum atomic E-state index is -0.279. The van der Waals surface area contributed by atoms with E-state index >= 15 is 0 Å². The van der Waals surface area contributed by atoms with Gasteiger partial charge in [0.2, 0.25) is 0 Å². The van der Waals surface area contributed by atoms with Crippen molar-refractivity contribution in [1.29, 1.82) is 0 Å². The predicted molar refractivity (Wildman–Crippen MR) is 65.9 cm³/mol. The van der Waals surface area contributed by atoms with Crippen LogP contribution in [0.15, 0.2) is 18.5 Å². The number of aromatic nitrogens is 1. The zero-order chi connectivity index (χ0) is 12.4. The first-order valence-electron chi connectivity index (χ1n) is 6.16. The average Bonchev–Trinajstić information content (AvgIpc) is 3.13. The number of rotatable bonds is 5. The number of likely N-dealkylation sites (N-methyl/N-ethyl adjacent to an activating group) is 1. The van der Waals surface area contributed by atoms with Crippen molar-refractivity contribution in [3.05, 3.63) is 29.8 Å². The molecule has 1 aliphatic rings. The van der Waals surface area contributed by atoms with Crippen LogP contribution in [0.2, 0.25) is 0 Å². The van der Waals surface area contributed by atoms with E-state index in [0.29, 0.717) is 18.5 Å². The molecule has 17 heavy (non-hydrogen) atoms. The topological polar surface area (TPSA) is 42.2 Å². The standard InChI is InChI=1S/C13H20FN3/c1-9(11-5-12(14)8-16-7-11)17(2)13(6-15)10-3-4-10/h5,7-10,13H,3-4,6,15H2,1-2H3. The molecule has 94 valence electrons. The van der Waals surface area contributed by atoms with Crippen molar-refractivity contribution in [3.63, 3.8) is 0 Å². The van der Waals surface area contributed by atoms with Crippen molar-refractivity contribution in [2.75, 3.05) is 13.6 Å². The molecular weight excluding hydrogens is 217 g/mol. The Morgan fingerprint density at radius 2 is 2.24 bits per heavy atom. The SMILES string of the molecule is CC(c1cncc(F)c1)N(C)C(CN)C1CC1. The first-order valence-corrected chi connectivity index (χ1v) is 6.16. The Balaban J connectivity index is 2.10. The summed E-state index contributed by atoms with van der Waals surface area (Å²) in [6.07, 6.45) is 5.49. The summed E-state index contributed by atoms with van der Waals surface area (Å²) in [6, 6.07) is 2.09. The summed E-state index contributed by atoms with van der Waals surface area (Å²) < 4.78 is 13.1. The highest BCUT2D eigenvalue weighted by molar-refractivity contribution is 5.15. The van der Waals surface area contributed by atoms with E-state index < -0.39 is 0 Å². The van der Waals surface area contributed by atoms with Gasteiger partial charge < -0.3 is 5.73 Å². The van der Waals surface area contributed by atoms with Crippen LogP contribution in [0.25, 0.3) is 0 Å². The Labute approximate surface area is 102 Å². The summed E-state index contributed by atoms with van der Waals surface area (Å²) in [4.78, 5) is 6.14. The van der Waals surface area contributed by atoms with Crippen LogP contribution in [0.4, 0.5) is 4.39 Å². The maximum atomic E-state index is 13.1. The summed E-state index contributed by atoms with van der Waals surface area (Å²) >= 11 is 0. The smallest absolute Gasteiger partial charge is 0.141 e. The maximum absolute atomic E-state index is 13.1. The Kier molecular flexibility index (Phi) is 3.74. The lowest BCUT2D eigenvalue weighted by molar-refractivity contribution is 0.170. The Morgan fingerprint density at radius 1 is 1.53 bits per heavy atom. The third-order valence-electron chi connectivity index (χ3n) is 3.75. The number of nitrogens with two attached hydrogens (primary N) is 1. The molecule has 4 heteroatoms. The molecule has 0 amide bonds. The van der Waals surface area contributed by atoms with Gasteiger partial charge in [-0.15, -0.1) is 0 Å². The molecule has 2 rings (SSSR count). The van der Waals surface area contributed by atoms with Crippen LogP contribution in [0.3, 0.4) is 0 Å². The third kappa shape index (κ3) is 2.82. The number of hydrogen-bond acceptors (Lipinski definition) is 3. The van der Waals surface area contributed by atoms with Gasteiger partial charge in [0.25, 0.3) is 0 Å². The van der Waals surface area contributed by atoms with Crippen LogP contribution in [0.1, 0.15) is 31.4 Å². The molecule has 0 radical (unpaired) electrons. The van der Waals surface area contributed by atoms with Gasteiger partial charge >= 0.3 is 0 Å². The largest absolute Gasteiger partial charge is 0.329 e. The minimum absolute atomic E-state index is 0.146. The van der Waals surface area contributed by atoms with Crippen molar-refractivity contribution in [2.45, 2.75) is 31.8 Å². The molecule has 2 N–H and O–H groups in total.